The van der Waals surface area contributed by atoms with E-state index >= 15 is 0 Å². The molecule has 0 atom stereocenters. The van der Waals surface area contributed by atoms with Crippen molar-refractivity contribution in [3.8, 4) is 11.3 Å². The molecule has 1 aromatic heterocycles. The standard InChI is InChI=1S/C31H37N3O2S/c1-3-18-33(19-4-2)26(35)22-37-30-32-28-25-15-9-8-14-24(25)20-31(16-10-11-17-31)27(28)29(36)34(30)21-23-12-6-5-7-13-23/h5-9,12-15H,3-4,10-11,16-22H2,1-2H3. The van der Waals surface area contributed by atoms with Gasteiger partial charge in [-0.1, -0.05) is 93.0 Å². The van der Waals surface area contributed by atoms with Crippen LogP contribution < -0.4 is 5.56 Å². The van der Waals surface area contributed by atoms with Crippen molar-refractivity contribution in [1.82, 2.24) is 14.5 Å². The second-order valence-corrected chi connectivity index (χ2v) is 11.4. The third-order valence-corrected chi connectivity index (χ3v) is 8.84. The molecule has 0 N–H and O–H groups in total. The van der Waals surface area contributed by atoms with Gasteiger partial charge in [-0.2, -0.15) is 0 Å². The Morgan fingerprint density at radius 3 is 2.38 bits per heavy atom. The second-order valence-electron chi connectivity index (χ2n) is 10.5. The Bertz CT molecular complexity index is 1310. The van der Waals surface area contributed by atoms with Crippen LogP contribution in [0.2, 0.25) is 0 Å². The summed E-state index contributed by atoms with van der Waals surface area (Å²) in [6.07, 6.45) is 7.14. The fraction of sp³-hybridized carbons (Fsp3) is 0.452. The molecule has 194 valence electrons. The SMILES string of the molecule is CCCN(CCC)C(=O)CSc1nc2c(c(=O)n1Cc1ccccc1)C1(CCCC1)Cc1ccccc1-2. The number of thioether (sulfide) groups is 1. The Morgan fingerprint density at radius 2 is 1.68 bits per heavy atom. The molecule has 1 saturated carbocycles. The zero-order chi connectivity index (χ0) is 25.8. The van der Waals surface area contributed by atoms with Gasteiger partial charge in [-0.15, -0.1) is 0 Å². The van der Waals surface area contributed by atoms with Crippen LogP contribution in [-0.2, 0) is 23.2 Å². The second kappa shape index (κ2) is 11.3. The Balaban J connectivity index is 1.61. The topological polar surface area (TPSA) is 55.2 Å². The molecule has 1 fully saturated rings. The van der Waals surface area contributed by atoms with Crippen molar-refractivity contribution < 1.29 is 4.79 Å². The number of hydrogen-bond acceptors (Lipinski definition) is 4. The third kappa shape index (κ3) is 5.13. The van der Waals surface area contributed by atoms with Crippen LogP contribution >= 0.6 is 11.8 Å². The summed E-state index contributed by atoms with van der Waals surface area (Å²) in [5.74, 6) is 0.395. The molecule has 0 aliphatic heterocycles. The van der Waals surface area contributed by atoms with E-state index < -0.39 is 0 Å². The molecule has 1 heterocycles. The normalized spacial score (nSPS) is 15.4. The number of fused-ring (bicyclic) bond motifs is 4. The van der Waals surface area contributed by atoms with Gasteiger partial charge < -0.3 is 4.90 Å². The molecule has 3 aromatic rings. The van der Waals surface area contributed by atoms with Crippen molar-refractivity contribution in [2.45, 2.75) is 75.9 Å². The van der Waals surface area contributed by atoms with E-state index in [0.29, 0.717) is 11.7 Å². The molecule has 5 rings (SSSR count). The summed E-state index contributed by atoms with van der Waals surface area (Å²) in [7, 11) is 0. The van der Waals surface area contributed by atoms with Gasteiger partial charge >= 0.3 is 0 Å². The Hall–Kier alpha value is -2.86. The highest BCUT2D eigenvalue weighted by Crippen LogP contribution is 2.50. The Kier molecular flexibility index (Phi) is 7.84. The van der Waals surface area contributed by atoms with E-state index in [1.807, 2.05) is 33.7 Å². The van der Waals surface area contributed by atoms with Gasteiger partial charge in [0.15, 0.2) is 5.16 Å². The molecule has 6 heteroatoms. The van der Waals surface area contributed by atoms with Crippen LogP contribution in [0.15, 0.2) is 64.5 Å². The number of nitrogens with zero attached hydrogens (tertiary/aromatic N) is 3. The lowest BCUT2D eigenvalue weighted by Gasteiger charge is -2.36. The lowest BCUT2D eigenvalue weighted by atomic mass is 9.68. The minimum atomic E-state index is -0.135. The van der Waals surface area contributed by atoms with Crippen molar-refractivity contribution in [1.29, 1.82) is 0 Å². The smallest absolute Gasteiger partial charge is 0.258 e. The average molecular weight is 516 g/mol. The average Bonchev–Trinajstić information content (AvgIpc) is 3.37. The van der Waals surface area contributed by atoms with Gasteiger partial charge in [0, 0.05) is 24.1 Å². The summed E-state index contributed by atoms with van der Waals surface area (Å²) >= 11 is 1.41. The van der Waals surface area contributed by atoms with Crippen LogP contribution in [-0.4, -0.2) is 39.2 Å². The van der Waals surface area contributed by atoms with E-state index in [9.17, 15) is 9.59 Å². The van der Waals surface area contributed by atoms with E-state index in [1.165, 1.54) is 17.3 Å². The van der Waals surface area contributed by atoms with Crippen LogP contribution in [0.5, 0.6) is 0 Å². The van der Waals surface area contributed by atoms with Gasteiger partial charge in [-0.25, -0.2) is 4.98 Å². The highest BCUT2D eigenvalue weighted by molar-refractivity contribution is 7.99. The van der Waals surface area contributed by atoms with Crippen molar-refractivity contribution in [3.05, 3.63) is 81.6 Å². The number of aromatic nitrogens is 2. The molecule has 2 aliphatic rings. The number of hydrogen-bond donors (Lipinski definition) is 0. The van der Waals surface area contributed by atoms with Gasteiger partial charge in [0.1, 0.15) is 0 Å². The van der Waals surface area contributed by atoms with E-state index in [0.717, 1.165) is 80.4 Å². The summed E-state index contributed by atoms with van der Waals surface area (Å²) in [6.45, 7) is 6.18. The predicted molar refractivity (Wildman–Crippen MR) is 151 cm³/mol. The number of benzene rings is 2. The third-order valence-electron chi connectivity index (χ3n) is 7.87. The maximum absolute atomic E-state index is 14.4. The maximum atomic E-state index is 14.4. The zero-order valence-electron chi connectivity index (χ0n) is 22.0. The first-order valence-corrected chi connectivity index (χ1v) is 14.7. The van der Waals surface area contributed by atoms with Crippen LogP contribution in [0.3, 0.4) is 0 Å². The minimum Gasteiger partial charge on any atom is -0.342 e. The summed E-state index contributed by atoms with van der Waals surface area (Å²) in [5.41, 5.74) is 5.10. The van der Waals surface area contributed by atoms with Crippen LogP contribution in [0.4, 0.5) is 0 Å². The molecule has 1 spiro atoms. The largest absolute Gasteiger partial charge is 0.342 e. The molecule has 2 aliphatic carbocycles. The summed E-state index contributed by atoms with van der Waals surface area (Å²) < 4.78 is 1.84. The fourth-order valence-corrected chi connectivity index (χ4v) is 7.07. The molecular weight excluding hydrogens is 478 g/mol. The van der Waals surface area contributed by atoms with E-state index in [4.69, 9.17) is 4.98 Å². The van der Waals surface area contributed by atoms with E-state index in [2.05, 4.69) is 44.2 Å². The van der Waals surface area contributed by atoms with Crippen LogP contribution in [0.25, 0.3) is 11.3 Å². The summed E-state index contributed by atoms with van der Waals surface area (Å²) in [4.78, 5) is 34.7. The number of carbonyl (C=O) groups is 1. The molecule has 0 saturated heterocycles. The molecule has 0 unspecified atom stereocenters. The molecule has 37 heavy (non-hydrogen) atoms. The van der Waals surface area contributed by atoms with Crippen LogP contribution in [0, 0.1) is 0 Å². The lowest BCUT2D eigenvalue weighted by Crippen LogP contribution is -2.40. The molecular formula is C31H37N3O2S. The first kappa shape index (κ1) is 25.8. The maximum Gasteiger partial charge on any atom is 0.258 e. The molecule has 0 radical (unpaired) electrons. The molecule has 5 nitrogen and oxygen atoms in total. The van der Waals surface area contributed by atoms with Gasteiger partial charge in [-0.05, 0) is 43.2 Å². The van der Waals surface area contributed by atoms with Gasteiger partial charge in [-0.3, -0.25) is 14.2 Å². The Labute approximate surface area is 224 Å². The molecule has 2 aromatic carbocycles. The Morgan fingerprint density at radius 1 is 1.00 bits per heavy atom. The van der Waals surface area contributed by atoms with Gasteiger partial charge in [0.25, 0.3) is 5.56 Å². The van der Waals surface area contributed by atoms with E-state index in [-0.39, 0.29) is 22.6 Å². The number of amides is 1. The lowest BCUT2D eigenvalue weighted by molar-refractivity contribution is -0.128. The summed E-state index contributed by atoms with van der Waals surface area (Å²) in [5, 5.41) is 0.638. The monoisotopic (exact) mass is 515 g/mol. The highest BCUT2D eigenvalue weighted by Gasteiger charge is 2.44. The zero-order valence-corrected chi connectivity index (χ0v) is 22.9. The van der Waals surface area contributed by atoms with Crippen molar-refractivity contribution in [2.24, 2.45) is 0 Å². The predicted octanol–water partition coefficient (Wildman–Crippen LogP) is 6.07. The van der Waals surface area contributed by atoms with Gasteiger partial charge in [0.2, 0.25) is 5.91 Å². The molecule has 0 bridgehead atoms. The van der Waals surface area contributed by atoms with E-state index in [1.54, 1.807) is 0 Å². The number of carbonyl (C=O) groups excluding carboxylic acids is 1. The van der Waals surface area contributed by atoms with Crippen molar-refractivity contribution >= 4 is 17.7 Å². The minimum absolute atomic E-state index is 0.0687. The first-order chi connectivity index (χ1) is 18.1. The van der Waals surface area contributed by atoms with Gasteiger partial charge in [0.05, 0.1) is 23.6 Å². The fourth-order valence-electron chi connectivity index (χ4n) is 6.18. The number of rotatable bonds is 9. The summed E-state index contributed by atoms with van der Waals surface area (Å²) in [6, 6.07) is 18.5. The first-order valence-electron chi connectivity index (χ1n) is 13.7. The quantitative estimate of drug-likeness (QED) is 0.256. The van der Waals surface area contributed by atoms with Crippen molar-refractivity contribution in [2.75, 3.05) is 18.8 Å². The van der Waals surface area contributed by atoms with Crippen molar-refractivity contribution in [3.63, 3.8) is 0 Å². The van der Waals surface area contributed by atoms with Crippen LogP contribution in [0.1, 0.15) is 69.1 Å². The molecule has 1 amide bonds. The highest BCUT2D eigenvalue weighted by atomic mass is 32.2.